The number of phenolic OH excluding ortho intramolecular Hbond substituents is 1. The molecule has 0 atom stereocenters. The van der Waals surface area contributed by atoms with Gasteiger partial charge in [0.15, 0.2) is 0 Å². The van der Waals surface area contributed by atoms with Crippen LogP contribution in [0.5, 0.6) is 40.6 Å². The largest absolute Gasteiger partial charge is 0.508 e. The van der Waals surface area contributed by atoms with Crippen molar-refractivity contribution in [1.29, 1.82) is 0 Å². The number of hydrogen-bond donors (Lipinski definition) is 2. The molecule has 16 rings (SSSR count). The van der Waals surface area contributed by atoms with E-state index in [0.29, 0.717) is 23.4 Å². The summed E-state index contributed by atoms with van der Waals surface area (Å²) in [6.45, 7) is 34.4. The third-order valence-corrected chi connectivity index (χ3v) is 21.6. The first-order chi connectivity index (χ1) is 55.5. The van der Waals surface area contributed by atoms with Gasteiger partial charge in [-0.05, 0) is 253 Å². The molecule has 1 aliphatic heterocycles. The molecule has 0 amide bonds. The van der Waals surface area contributed by atoms with Crippen molar-refractivity contribution in [3.8, 4) is 96.4 Å². The number of para-hydroxylation sites is 1. The molecule has 0 radical (unpaired) electrons. The third kappa shape index (κ3) is 23.1. The van der Waals surface area contributed by atoms with Gasteiger partial charge < -0.3 is 33.6 Å². The molecule has 12 nitrogen and oxygen atoms in total. The number of nitrogens with zero attached hydrogens (tertiary/aromatic N) is 5. The number of fused-ring (bicyclic) bond motifs is 3. The van der Waals surface area contributed by atoms with Gasteiger partial charge in [0.2, 0.25) is 17.6 Å². The Morgan fingerprint density at radius 2 is 0.718 bits per heavy atom. The van der Waals surface area contributed by atoms with Gasteiger partial charge in [-0.15, -0.1) is 0 Å². The van der Waals surface area contributed by atoms with Gasteiger partial charge >= 0.3 is 7.12 Å². The second kappa shape index (κ2) is 36.8. The van der Waals surface area contributed by atoms with Crippen LogP contribution in [0.3, 0.4) is 0 Å². The van der Waals surface area contributed by atoms with Crippen molar-refractivity contribution >= 4 is 82.3 Å². The van der Waals surface area contributed by atoms with E-state index in [1.807, 2.05) is 152 Å². The molecule has 16 heteroatoms. The fraction of sp³-hybridized carbons (Fsp3) is 0.218. The molecule has 1 fully saturated rings. The summed E-state index contributed by atoms with van der Waals surface area (Å²) in [7, 11) is -0.451. The molecule has 0 bridgehead atoms. The number of aromatic hydroxyl groups is 1. The second-order valence-electron chi connectivity index (χ2n) is 34.0. The van der Waals surface area contributed by atoms with Crippen LogP contribution < -0.4 is 19.7 Å². The smallest absolute Gasteiger partial charge is 0.494 e. The number of H-pyrrole nitrogens is 1. The van der Waals surface area contributed by atoms with Gasteiger partial charge in [0.25, 0.3) is 0 Å². The number of benzene rings is 9. The molecule has 15 aromatic rings. The minimum Gasteiger partial charge on any atom is -0.508 e. The summed E-state index contributed by atoms with van der Waals surface area (Å²) in [6.07, 6.45) is 7.14. The fourth-order valence-electron chi connectivity index (χ4n) is 12.8. The highest BCUT2D eigenvalue weighted by Crippen LogP contribution is 2.41. The number of aromatic nitrogens is 6. The molecule has 0 spiro atoms. The van der Waals surface area contributed by atoms with E-state index in [2.05, 4.69) is 299 Å². The van der Waals surface area contributed by atoms with E-state index in [-0.39, 0.29) is 21.7 Å². The molecular formula is C101H100BBr3N6O6. The van der Waals surface area contributed by atoms with Crippen molar-refractivity contribution in [1.82, 2.24) is 29.9 Å². The molecule has 117 heavy (non-hydrogen) atoms. The lowest BCUT2D eigenvalue weighted by Crippen LogP contribution is -2.41. The molecular weight excluding hydrogens is 1640 g/mol. The first kappa shape index (κ1) is 85.5. The number of pyridine rings is 5. The molecule has 594 valence electrons. The zero-order valence-electron chi connectivity index (χ0n) is 69.3. The van der Waals surface area contributed by atoms with E-state index >= 15 is 0 Å². The highest BCUT2D eigenvalue weighted by Gasteiger charge is 2.52. The topological polar surface area (TPSA) is 147 Å². The van der Waals surface area contributed by atoms with Crippen LogP contribution in [-0.2, 0) is 31.0 Å². The number of ether oxygens (including phenoxy) is 3. The van der Waals surface area contributed by atoms with Crippen LogP contribution in [0.1, 0.15) is 133 Å². The van der Waals surface area contributed by atoms with Crippen molar-refractivity contribution < 1.29 is 28.6 Å². The molecule has 0 unspecified atom stereocenters. The van der Waals surface area contributed by atoms with Gasteiger partial charge in [-0.2, -0.15) is 0 Å². The molecule has 7 heterocycles. The zero-order chi connectivity index (χ0) is 83.5. The third-order valence-electron chi connectivity index (χ3n) is 20.3. The van der Waals surface area contributed by atoms with Crippen molar-refractivity contribution in [3.63, 3.8) is 0 Å². The van der Waals surface area contributed by atoms with Gasteiger partial charge in [-0.1, -0.05) is 261 Å². The van der Waals surface area contributed by atoms with Crippen LogP contribution in [0.2, 0.25) is 0 Å². The van der Waals surface area contributed by atoms with Crippen molar-refractivity contribution in [3.05, 3.63) is 340 Å². The van der Waals surface area contributed by atoms with Crippen LogP contribution in [0, 0.1) is 0 Å². The number of halogens is 3. The molecule has 1 saturated heterocycles. The van der Waals surface area contributed by atoms with Crippen LogP contribution in [-0.4, -0.2) is 53.3 Å². The number of hydrogen-bond acceptors (Lipinski definition) is 11. The Bertz CT molecular complexity index is 5850. The lowest BCUT2D eigenvalue weighted by Gasteiger charge is -2.32. The Kier molecular flexibility index (Phi) is 26.9. The van der Waals surface area contributed by atoms with Crippen molar-refractivity contribution in [2.45, 2.75) is 144 Å². The number of aromatic amines is 1. The van der Waals surface area contributed by atoms with Gasteiger partial charge in [-0.3, -0.25) is 0 Å². The summed E-state index contributed by atoms with van der Waals surface area (Å²) in [5.41, 5.74) is 17.8. The SMILES string of the molecule is Brc1cc(-c2ccccc2)ccn1.CC(C)(C)c1cc(Br)cc(Oc2cc(-c3ccccc3)ccn2)c1.CC(C)(C)c1cc(O)cc(Br)c1.CC(C)(C)c1cc(Oc2cc(-c3ccccc3)ccn2)cc(-c2ccc3c(n2)[nH]c2ccccc23)c1.CC(C)(C)c1cc(Oc2cc(-c3ccccc3)ccn2)cc(B2OC(C)(C)C(C)(C)O2)c1. The van der Waals surface area contributed by atoms with E-state index in [1.54, 1.807) is 36.9 Å². The Labute approximate surface area is 715 Å². The predicted octanol–water partition coefficient (Wildman–Crippen LogP) is 28.2. The summed E-state index contributed by atoms with van der Waals surface area (Å²) in [5.74, 6) is 4.27. The second-order valence-corrected chi connectivity index (χ2v) is 36.7. The molecule has 0 saturated carbocycles. The summed E-state index contributed by atoms with van der Waals surface area (Å²) < 4.78 is 34.0. The molecule has 2 N–H and O–H groups in total. The quantitative estimate of drug-likeness (QED) is 0.0890. The average molecular weight is 1740 g/mol. The van der Waals surface area contributed by atoms with Crippen LogP contribution in [0.15, 0.2) is 317 Å². The molecule has 6 aromatic heterocycles. The van der Waals surface area contributed by atoms with Crippen molar-refractivity contribution in [2.24, 2.45) is 0 Å². The molecule has 9 aromatic carbocycles. The van der Waals surface area contributed by atoms with Gasteiger partial charge in [0, 0.05) is 73.8 Å². The van der Waals surface area contributed by atoms with E-state index in [4.69, 9.17) is 28.5 Å². The molecule has 1 aliphatic rings. The zero-order valence-corrected chi connectivity index (χ0v) is 74.1. The van der Waals surface area contributed by atoms with Gasteiger partial charge in [-0.25, -0.2) is 24.9 Å². The van der Waals surface area contributed by atoms with Crippen LogP contribution in [0.4, 0.5) is 0 Å². The Hall–Kier alpha value is -10.8. The minimum atomic E-state index is -0.451. The number of nitrogens with one attached hydrogen (secondary N) is 1. The Morgan fingerprint density at radius 1 is 0.342 bits per heavy atom. The Balaban J connectivity index is 0.000000142. The van der Waals surface area contributed by atoms with Crippen LogP contribution in [0.25, 0.3) is 77.7 Å². The van der Waals surface area contributed by atoms with E-state index in [0.717, 1.165) is 109 Å². The highest BCUT2D eigenvalue weighted by atomic mass is 79.9. The summed E-state index contributed by atoms with van der Waals surface area (Å²) in [5, 5.41) is 11.6. The average Bonchev–Trinajstić information content (AvgIpc) is 1.65. The lowest BCUT2D eigenvalue weighted by molar-refractivity contribution is 0.00578. The maximum absolute atomic E-state index is 9.33. The first-order valence-electron chi connectivity index (χ1n) is 39.2. The number of rotatable bonds is 12. The maximum atomic E-state index is 9.33. The van der Waals surface area contributed by atoms with Gasteiger partial charge in [0.05, 0.1) is 16.9 Å². The van der Waals surface area contributed by atoms with Crippen LogP contribution >= 0.6 is 47.8 Å². The highest BCUT2D eigenvalue weighted by molar-refractivity contribution is 9.11. The van der Waals surface area contributed by atoms with E-state index < -0.39 is 18.3 Å². The van der Waals surface area contributed by atoms with E-state index in [9.17, 15) is 5.11 Å². The standard InChI is InChI=1S/C32H27N3O.C27H32BNO3.C21H20BrNO.C11H8BrN.C10H13BrO/c1-32(2,3)24-17-23(28-14-13-27-26-11-7-8-12-29(26)35-31(27)34-28)18-25(20-24)36-30-19-22(15-16-33-30)21-9-5-4-6-10-21;1-25(2,3)21-16-22(28-31-26(4,5)27(6,7)32-28)18-23(17-21)30-24-15-20(13-14-29-24)19-11-9-8-10-12-19;1-21(2,3)17-12-18(22)14-19(13-17)24-20-11-16(9-10-23-20)15-7-5-4-6-8-15;12-11-8-10(6-7-13-11)9-4-2-1-3-5-9;1-10(2,3)7-4-8(11)6-9(12)5-7/h4-20H,1-3H3,(H,34,35);8-18H,1-7H3;4-14H,1-3H3;1-8H;4-6,12H,1-3H3. The first-order valence-corrected chi connectivity index (χ1v) is 41.5. The maximum Gasteiger partial charge on any atom is 0.494 e. The summed E-state index contributed by atoms with van der Waals surface area (Å²) in [4.78, 5) is 25.8. The summed E-state index contributed by atoms with van der Waals surface area (Å²) >= 11 is 10.3. The predicted molar refractivity (Wildman–Crippen MR) is 493 cm³/mol. The normalized spacial score (nSPS) is 13.0. The fourth-order valence-corrected chi connectivity index (χ4v) is 14.1. The Morgan fingerprint density at radius 3 is 1.15 bits per heavy atom. The minimum absolute atomic E-state index is 0.0568. The number of phenols is 1. The molecule has 0 aliphatic carbocycles. The van der Waals surface area contributed by atoms with Gasteiger partial charge in [0.1, 0.15) is 33.2 Å². The van der Waals surface area contributed by atoms with E-state index in [1.165, 1.54) is 27.6 Å². The summed E-state index contributed by atoms with van der Waals surface area (Å²) in [6, 6.07) is 93.6. The van der Waals surface area contributed by atoms with Crippen molar-refractivity contribution in [2.75, 3.05) is 0 Å². The lowest BCUT2D eigenvalue weighted by atomic mass is 9.75. The monoisotopic (exact) mass is 1740 g/mol.